The fourth-order valence-corrected chi connectivity index (χ4v) is 2.04. The highest BCUT2D eigenvalue weighted by molar-refractivity contribution is 5.92. The maximum atomic E-state index is 5.86. The molecule has 0 bridgehead atoms. The van der Waals surface area contributed by atoms with E-state index in [1.807, 2.05) is 44.2 Å². The minimum absolute atomic E-state index is 0.0197. The lowest BCUT2D eigenvalue weighted by atomic mass is 10.1. The summed E-state index contributed by atoms with van der Waals surface area (Å²) in [6.45, 7) is 3.89. The van der Waals surface area contributed by atoms with Crippen LogP contribution in [-0.4, -0.2) is 21.2 Å². The zero-order chi connectivity index (χ0) is 14.1. The van der Waals surface area contributed by atoms with Crippen LogP contribution in [0.25, 0.3) is 22.3 Å². The van der Waals surface area contributed by atoms with E-state index in [0.29, 0.717) is 11.7 Å². The van der Waals surface area contributed by atoms with Crippen molar-refractivity contribution in [2.45, 2.75) is 25.8 Å². The van der Waals surface area contributed by atoms with E-state index in [9.17, 15) is 0 Å². The van der Waals surface area contributed by atoms with Gasteiger partial charge in [0, 0.05) is 17.6 Å². The first-order chi connectivity index (χ1) is 9.66. The Morgan fingerprint density at radius 2 is 1.95 bits per heavy atom. The lowest BCUT2D eigenvalue weighted by molar-refractivity contribution is 0.346. The number of benzene rings is 1. The van der Waals surface area contributed by atoms with Gasteiger partial charge in [-0.05, 0) is 18.4 Å². The number of hydrogen-bond acceptors (Lipinski definition) is 5. The highest BCUT2D eigenvalue weighted by Gasteiger charge is 2.19. The predicted molar refractivity (Wildman–Crippen MR) is 77.1 cm³/mol. The second-order valence-corrected chi connectivity index (χ2v) is 4.98. The number of aromatic nitrogens is 3. The second kappa shape index (κ2) is 5.02. The predicted octanol–water partition coefficient (Wildman–Crippen LogP) is 2.74. The zero-order valence-corrected chi connectivity index (χ0v) is 11.4. The normalized spacial score (nSPS) is 14.3. The van der Waals surface area contributed by atoms with Crippen LogP contribution in [-0.2, 0) is 0 Å². The fourth-order valence-electron chi connectivity index (χ4n) is 2.04. The van der Waals surface area contributed by atoms with Crippen LogP contribution in [0.1, 0.15) is 25.7 Å². The van der Waals surface area contributed by atoms with Crippen LogP contribution in [0.3, 0.4) is 0 Å². The molecule has 0 radical (unpaired) electrons. The molecule has 2 atom stereocenters. The zero-order valence-electron chi connectivity index (χ0n) is 11.4. The van der Waals surface area contributed by atoms with Crippen LogP contribution in [0, 0.1) is 0 Å². The first kappa shape index (κ1) is 12.7. The number of fused-ring (bicyclic) bond motifs is 1. The summed E-state index contributed by atoms with van der Waals surface area (Å²) in [5.41, 5.74) is 6.59. The van der Waals surface area contributed by atoms with Gasteiger partial charge >= 0.3 is 0 Å². The Morgan fingerprint density at radius 1 is 1.15 bits per heavy atom. The van der Waals surface area contributed by atoms with Gasteiger partial charge in [0.25, 0.3) is 0 Å². The van der Waals surface area contributed by atoms with E-state index in [-0.39, 0.29) is 12.0 Å². The maximum absolute atomic E-state index is 5.86. The number of rotatable bonds is 3. The SMILES string of the molecule is CC(N)C(C)c1nc(-c2nccc3ccccc23)no1. The molecule has 2 N–H and O–H groups in total. The highest BCUT2D eigenvalue weighted by atomic mass is 16.5. The number of hydrogen-bond donors (Lipinski definition) is 1. The van der Waals surface area contributed by atoms with Crippen molar-refractivity contribution in [1.82, 2.24) is 15.1 Å². The molecule has 0 fully saturated rings. The van der Waals surface area contributed by atoms with Crippen LogP contribution in [0.2, 0.25) is 0 Å². The van der Waals surface area contributed by atoms with Crippen molar-refractivity contribution in [3.63, 3.8) is 0 Å². The van der Waals surface area contributed by atoms with E-state index in [1.165, 1.54) is 0 Å². The van der Waals surface area contributed by atoms with Crippen molar-refractivity contribution < 1.29 is 4.52 Å². The van der Waals surface area contributed by atoms with E-state index in [2.05, 4.69) is 15.1 Å². The molecule has 0 saturated carbocycles. The summed E-state index contributed by atoms with van der Waals surface area (Å²) in [5.74, 6) is 1.07. The largest absolute Gasteiger partial charge is 0.339 e. The van der Waals surface area contributed by atoms with Crippen molar-refractivity contribution in [2.24, 2.45) is 5.73 Å². The summed E-state index contributed by atoms with van der Waals surface area (Å²) in [6, 6.07) is 9.92. The lowest BCUT2D eigenvalue weighted by Crippen LogP contribution is -2.22. The standard InChI is InChI=1S/C15H16N4O/c1-9(10(2)16)15-18-14(19-20-15)13-12-6-4-3-5-11(12)7-8-17-13/h3-10H,16H2,1-2H3. The van der Waals surface area contributed by atoms with Crippen LogP contribution in [0.5, 0.6) is 0 Å². The maximum Gasteiger partial charge on any atom is 0.231 e. The molecule has 3 aromatic rings. The molecule has 0 amide bonds. The van der Waals surface area contributed by atoms with Gasteiger partial charge < -0.3 is 10.3 Å². The van der Waals surface area contributed by atoms with Crippen molar-refractivity contribution in [1.29, 1.82) is 0 Å². The molecule has 0 saturated heterocycles. The van der Waals surface area contributed by atoms with Gasteiger partial charge in [0.15, 0.2) is 0 Å². The highest BCUT2D eigenvalue weighted by Crippen LogP contribution is 2.25. The Morgan fingerprint density at radius 3 is 2.75 bits per heavy atom. The monoisotopic (exact) mass is 268 g/mol. The molecule has 0 spiro atoms. The summed E-state index contributed by atoms with van der Waals surface area (Å²) >= 11 is 0. The number of nitrogens with two attached hydrogens (primary N) is 1. The third-order valence-electron chi connectivity index (χ3n) is 3.51. The van der Waals surface area contributed by atoms with Gasteiger partial charge in [-0.25, -0.2) is 0 Å². The lowest BCUT2D eigenvalue weighted by Gasteiger charge is -2.09. The van der Waals surface area contributed by atoms with E-state index < -0.39 is 0 Å². The first-order valence-corrected chi connectivity index (χ1v) is 6.60. The topological polar surface area (TPSA) is 77.8 Å². The molecule has 20 heavy (non-hydrogen) atoms. The Hall–Kier alpha value is -2.27. The van der Waals surface area contributed by atoms with E-state index in [0.717, 1.165) is 16.5 Å². The van der Waals surface area contributed by atoms with Crippen LogP contribution >= 0.6 is 0 Å². The van der Waals surface area contributed by atoms with E-state index in [4.69, 9.17) is 10.3 Å². The smallest absolute Gasteiger partial charge is 0.231 e. The van der Waals surface area contributed by atoms with Crippen molar-refractivity contribution in [3.05, 3.63) is 42.4 Å². The summed E-state index contributed by atoms with van der Waals surface area (Å²) in [7, 11) is 0. The van der Waals surface area contributed by atoms with Gasteiger partial charge in [0.05, 0.1) is 5.92 Å². The second-order valence-electron chi connectivity index (χ2n) is 4.98. The fraction of sp³-hybridized carbons (Fsp3) is 0.267. The Kier molecular flexibility index (Phi) is 3.20. The van der Waals surface area contributed by atoms with E-state index >= 15 is 0 Å². The van der Waals surface area contributed by atoms with Gasteiger partial charge in [0.2, 0.25) is 11.7 Å². The molecule has 102 valence electrons. The van der Waals surface area contributed by atoms with Gasteiger partial charge in [-0.1, -0.05) is 36.3 Å². The van der Waals surface area contributed by atoms with Gasteiger partial charge in [0.1, 0.15) is 5.69 Å². The molecule has 0 aliphatic heterocycles. The average molecular weight is 268 g/mol. The van der Waals surface area contributed by atoms with Crippen molar-refractivity contribution >= 4 is 10.8 Å². The van der Waals surface area contributed by atoms with Crippen molar-refractivity contribution in [2.75, 3.05) is 0 Å². The molecule has 0 aliphatic rings. The summed E-state index contributed by atoms with van der Waals surface area (Å²) in [6.07, 6.45) is 1.75. The molecule has 2 heterocycles. The molecule has 2 unspecified atom stereocenters. The molecule has 0 aliphatic carbocycles. The third kappa shape index (κ3) is 2.16. The molecular formula is C15H16N4O. The summed E-state index contributed by atoms with van der Waals surface area (Å²) < 4.78 is 5.31. The van der Waals surface area contributed by atoms with Crippen LogP contribution in [0.4, 0.5) is 0 Å². The minimum Gasteiger partial charge on any atom is -0.339 e. The molecule has 5 heteroatoms. The summed E-state index contributed by atoms with van der Waals surface area (Å²) in [5, 5.41) is 6.15. The Balaban J connectivity index is 2.08. The first-order valence-electron chi connectivity index (χ1n) is 6.60. The van der Waals surface area contributed by atoms with Gasteiger partial charge in [-0.3, -0.25) is 4.98 Å². The molecule has 2 aromatic heterocycles. The van der Waals surface area contributed by atoms with E-state index in [1.54, 1.807) is 6.20 Å². The molecule has 3 rings (SSSR count). The van der Waals surface area contributed by atoms with Crippen molar-refractivity contribution in [3.8, 4) is 11.5 Å². The minimum atomic E-state index is -0.0382. The Labute approximate surface area is 116 Å². The average Bonchev–Trinajstić information content (AvgIpc) is 2.95. The molecular weight excluding hydrogens is 252 g/mol. The van der Waals surface area contributed by atoms with Gasteiger partial charge in [-0.2, -0.15) is 4.98 Å². The Bertz CT molecular complexity index is 730. The number of pyridine rings is 1. The van der Waals surface area contributed by atoms with Crippen LogP contribution < -0.4 is 5.73 Å². The van der Waals surface area contributed by atoms with Gasteiger partial charge in [-0.15, -0.1) is 0 Å². The molecule has 5 nitrogen and oxygen atoms in total. The number of nitrogens with zero attached hydrogens (tertiary/aromatic N) is 3. The van der Waals surface area contributed by atoms with Crippen LogP contribution in [0.15, 0.2) is 41.1 Å². The molecule has 1 aromatic carbocycles. The quantitative estimate of drug-likeness (QED) is 0.790. The third-order valence-corrected chi connectivity index (χ3v) is 3.51. The summed E-state index contributed by atoms with van der Waals surface area (Å²) in [4.78, 5) is 8.81.